The minimum Gasteiger partial charge on any atom is -0.381 e. The molecular weight excluding hydrogens is 233 g/mol. The average Bonchev–Trinajstić information content (AvgIpc) is 1.63. The first-order chi connectivity index (χ1) is 4.04. The summed E-state index contributed by atoms with van der Waals surface area (Å²) in [5.74, 6) is -0.0225. The first kappa shape index (κ1) is 9.16. The molecule has 0 radical (unpaired) electrons. The van der Waals surface area contributed by atoms with Crippen molar-refractivity contribution in [2.24, 2.45) is 0 Å². The van der Waals surface area contributed by atoms with Crippen molar-refractivity contribution in [3.8, 4) is 0 Å². The van der Waals surface area contributed by atoms with Crippen LogP contribution in [0.4, 0.5) is 0 Å². The number of rotatable bonds is 2. The zero-order chi connectivity index (χ0) is 7.44. The van der Waals surface area contributed by atoms with Crippen LogP contribution in [0.2, 0.25) is 0 Å². The molecule has 9 heavy (non-hydrogen) atoms. The molecule has 54 valence electrons. The van der Waals surface area contributed by atoms with Crippen molar-refractivity contribution in [2.45, 2.75) is 11.0 Å². The Kier molecular flexibility index (Phi) is 4.12. The molecule has 0 aromatic carbocycles. The first-order valence-corrected chi connectivity index (χ1v) is 3.82. The van der Waals surface area contributed by atoms with Crippen LogP contribution >= 0.6 is 22.6 Å². The lowest BCUT2D eigenvalue weighted by Crippen LogP contribution is -2.29. The van der Waals surface area contributed by atoms with E-state index in [9.17, 15) is 4.79 Å². The molecule has 3 nitrogen and oxygen atoms in total. The minimum absolute atomic E-state index is 0.0225. The third-order valence-corrected chi connectivity index (χ3v) is 1.36. The van der Waals surface area contributed by atoms with Crippen LogP contribution in [0.5, 0.6) is 0 Å². The van der Waals surface area contributed by atoms with Gasteiger partial charge in [0.2, 0.25) is 5.91 Å². The Morgan fingerprint density at radius 1 is 1.89 bits per heavy atom. The van der Waals surface area contributed by atoms with Crippen LogP contribution < -0.4 is 0 Å². The molecule has 0 aromatic rings. The summed E-state index contributed by atoms with van der Waals surface area (Å²) in [4.78, 5) is 12.0. The van der Waals surface area contributed by atoms with E-state index < -0.39 is 4.11 Å². The Labute approximate surface area is 68.2 Å². The number of alkyl halides is 1. The summed E-state index contributed by atoms with van der Waals surface area (Å²) in [6, 6.07) is 0. The molecule has 0 aliphatic heterocycles. The number of amides is 1. The first-order valence-electron chi connectivity index (χ1n) is 2.58. The zero-order valence-corrected chi connectivity index (χ0v) is 7.62. The Balaban J connectivity index is 3.50. The molecule has 0 aromatic heterocycles. The standard InChI is InChI=1S/C5H10INO2/c1-4(8)7(2)3-5(6)9/h5,9H,3H2,1-2H3/t5-/m0/s1. The number of nitrogens with zero attached hydrogens (tertiary/aromatic N) is 1. The van der Waals surface area contributed by atoms with Gasteiger partial charge in [0.1, 0.15) is 4.11 Å². The largest absolute Gasteiger partial charge is 0.381 e. The van der Waals surface area contributed by atoms with Crippen molar-refractivity contribution in [3.05, 3.63) is 0 Å². The van der Waals surface area contributed by atoms with Crippen LogP contribution in [0.25, 0.3) is 0 Å². The van der Waals surface area contributed by atoms with Crippen molar-refractivity contribution in [3.63, 3.8) is 0 Å². The fourth-order valence-electron chi connectivity index (χ4n) is 0.355. The molecule has 1 atom stereocenters. The number of hydrogen-bond acceptors (Lipinski definition) is 2. The zero-order valence-electron chi connectivity index (χ0n) is 5.47. The Morgan fingerprint density at radius 2 is 2.33 bits per heavy atom. The van der Waals surface area contributed by atoms with Crippen molar-refractivity contribution in [2.75, 3.05) is 13.6 Å². The second-order valence-electron chi connectivity index (χ2n) is 1.83. The summed E-state index contributed by atoms with van der Waals surface area (Å²) in [5.41, 5.74) is 0. The summed E-state index contributed by atoms with van der Waals surface area (Å²) < 4.78 is -0.462. The second kappa shape index (κ2) is 4.05. The van der Waals surface area contributed by atoms with Gasteiger partial charge in [-0.15, -0.1) is 0 Å². The molecule has 0 aliphatic rings. The number of aliphatic hydroxyl groups excluding tert-OH is 1. The van der Waals surface area contributed by atoms with Crippen molar-refractivity contribution >= 4 is 28.5 Å². The number of aliphatic hydroxyl groups is 1. The summed E-state index contributed by atoms with van der Waals surface area (Å²) in [6.07, 6.45) is 0. The summed E-state index contributed by atoms with van der Waals surface area (Å²) in [6.45, 7) is 1.87. The average molecular weight is 243 g/mol. The molecule has 0 bridgehead atoms. The Hall–Kier alpha value is 0.160. The van der Waals surface area contributed by atoms with Gasteiger partial charge in [-0.2, -0.15) is 0 Å². The third-order valence-electron chi connectivity index (χ3n) is 0.962. The lowest BCUT2D eigenvalue weighted by Gasteiger charge is -2.14. The molecule has 4 heteroatoms. The van der Waals surface area contributed by atoms with E-state index in [1.165, 1.54) is 11.8 Å². The Morgan fingerprint density at radius 3 is 2.44 bits per heavy atom. The number of carbonyl (C=O) groups is 1. The molecule has 1 amide bonds. The number of carbonyl (C=O) groups excluding carboxylic acids is 1. The molecular formula is C5H10INO2. The second-order valence-corrected chi connectivity index (χ2v) is 3.27. The molecule has 0 saturated heterocycles. The van der Waals surface area contributed by atoms with Crippen LogP contribution in [0, 0.1) is 0 Å². The van der Waals surface area contributed by atoms with E-state index in [0.717, 1.165) is 0 Å². The topological polar surface area (TPSA) is 40.5 Å². The van der Waals surface area contributed by atoms with Gasteiger partial charge in [-0.1, -0.05) is 0 Å². The molecule has 0 rings (SSSR count). The van der Waals surface area contributed by atoms with Gasteiger partial charge < -0.3 is 10.0 Å². The van der Waals surface area contributed by atoms with E-state index in [0.29, 0.717) is 6.54 Å². The fraction of sp³-hybridized carbons (Fsp3) is 0.800. The van der Waals surface area contributed by atoms with E-state index in [2.05, 4.69) is 0 Å². The lowest BCUT2D eigenvalue weighted by molar-refractivity contribution is -0.128. The molecule has 1 N–H and O–H groups in total. The Bertz CT molecular complexity index is 105. The van der Waals surface area contributed by atoms with E-state index >= 15 is 0 Å². The van der Waals surface area contributed by atoms with Crippen LogP contribution in [-0.4, -0.2) is 33.6 Å². The number of halogens is 1. The number of likely N-dealkylation sites (N-methyl/N-ethyl adjacent to an activating group) is 1. The highest BCUT2D eigenvalue weighted by Gasteiger charge is 2.04. The summed E-state index contributed by atoms with van der Waals surface area (Å²) >= 11 is 1.85. The minimum atomic E-state index is -0.462. The monoisotopic (exact) mass is 243 g/mol. The smallest absolute Gasteiger partial charge is 0.219 e. The van der Waals surface area contributed by atoms with Gasteiger partial charge in [0.25, 0.3) is 0 Å². The maximum Gasteiger partial charge on any atom is 0.219 e. The van der Waals surface area contributed by atoms with E-state index in [1.54, 1.807) is 7.05 Å². The highest BCUT2D eigenvalue weighted by Crippen LogP contribution is 1.96. The number of hydrogen-bond donors (Lipinski definition) is 1. The quantitative estimate of drug-likeness (QED) is 0.556. The van der Waals surface area contributed by atoms with Gasteiger partial charge in [-0.25, -0.2) is 0 Å². The van der Waals surface area contributed by atoms with Gasteiger partial charge >= 0.3 is 0 Å². The van der Waals surface area contributed by atoms with Crippen LogP contribution in [-0.2, 0) is 4.79 Å². The lowest BCUT2D eigenvalue weighted by atomic mass is 10.5. The maximum absolute atomic E-state index is 10.5. The highest BCUT2D eigenvalue weighted by molar-refractivity contribution is 14.1. The highest BCUT2D eigenvalue weighted by atomic mass is 127. The molecule has 0 spiro atoms. The predicted molar refractivity (Wildman–Crippen MR) is 43.3 cm³/mol. The normalized spacial score (nSPS) is 12.9. The van der Waals surface area contributed by atoms with Crippen molar-refractivity contribution in [1.82, 2.24) is 4.90 Å². The van der Waals surface area contributed by atoms with Crippen molar-refractivity contribution in [1.29, 1.82) is 0 Å². The van der Waals surface area contributed by atoms with E-state index in [4.69, 9.17) is 5.11 Å². The SMILES string of the molecule is CC(=O)N(C)C[C@H](O)I. The van der Waals surface area contributed by atoms with Crippen LogP contribution in [0.1, 0.15) is 6.92 Å². The van der Waals surface area contributed by atoms with Crippen molar-refractivity contribution < 1.29 is 9.90 Å². The third kappa shape index (κ3) is 4.65. The van der Waals surface area contributed by atoms with Gasteiger partial charge in [0, 0.05) is 14.0 Å². The van der Waals surface area contributed by atoms with Gasteiger partial charge in [0.15, 0.2) is 0 Å². The van der Waals surface area contributed by atoms with E-state index in [-0.39, 0.29) is 5.91 Å². The summed E-state index contributed by atoms with van der Waals surface area (Å²) in [7, 11) is 1.66. The maximum atomic E-state index is 10.5. The molecule has 0 unspecified atom stereocenters. The van der Waals surface area contributed by atoms with Gasteiger partial charge in [-0.3, -0.25) is 4.79 Å². The van der Waals surface area contributed by atoms with Gasteiger partial charge in [-0.05, 0) is 22.6 Å². The van der Waals surface area contributed by atoms with Gasteiger partial charge in [0.05, 0.1) is 6.54 Å². The predicted octanol–water partition coefficient (Wildman–Crippen LogP) is 0.218. The molecule has 0 saturated carbocycles. The van der Waals surface area contributed by atoms with Crippen LogP contribution in [0.3, 0.4) is 0 Å². The fourth-order valence-corrected chi connectivity index (χ4v) is 0.945. The van der Waals surface area contributed by atoms with E-state index in [1.807, 2.05) is 22.6 Å². The summed E-state index contributed by atoms with van der Waals surface area (Å²) in [5, 5.41) is 8.76. The molecule has 0 fully saturated rings. The molecule has 0 aliphatic carbocycles. The molecule has 0 heterocycles. The van der Waals surface area contributed by atoms with Crippen LogP contribution in [0.15, 0.2) is 0 Å².